The van der Waals surface area contributed by atoms with E-state index in [1.807, 2.05) is 6.07 Å². The van der Waals surface area contributed by atoms with Crippen LogP contribution in [0, 0.1) is 6.92 Å². The van der Waals surface area contributed by atoms with Gasteiger partial charge in [0.1, 0.15) is 0 Å². The summed E-state index contributed by atoms with van der Waals surface area (Å²) < 4.78 is 0. The first-order chi connectivity index (χ1) is 9.08. The lowest BCUT2D eigenvalue weighted by molar-refractivity contribution is 0.172. The molecule has 0 aromatic heterocycles. The molecular weight excluding hydrogens is 327 g/mol. The average molecular weight is 352 g/mol. The minimum absolute atomic E-state index is 0. The van der Waals surface area contributed by atoms with Crippen molar-refractivity contribution >= 4 is 36.4 Å². The normalized spacial score (nSPS) is 16.5. The molecule has 1 atom stereocenters. The second-order valence-corrected chi connectivity index (χ2v) is 5.90. The van der Waals surface area contributed by atoms with Gasteiger partial charge in [0.05, 0.1) is 0 Å². The van der Waals surface area contributed by atoms with Gasteiger partial charge in [-0.25, -0.2) is 0 Å². The van der Waals surface area contributed by atoms with Gasteiger partial charge in [0.25, 0.3) is 0 Å². The van der Waals surface area contributed by atoms with Gasteiger partial charge in [-0.2, -0.15) is 0 Å². The fraction of sp³-hybridized carbons (Fsp3) is 0.500. The fourth-order valence-corrected chi connectivity index (χ4v) is 3.00. The molecule has 1 aromatic rings. The molecule has 5 heteroatoms. The summed E-state index contributed by atoms with van der Waals surface area (Å²) in [6.07, 6.45) is 1.02. The van der Waals surface area contributed by atoms with E-state index in [1.165, 1.54) is 16.7 Å². The zero-order valence-corrected chi connectivity index (χ0v) is 15.1. The lowest BCUT2D eigenvalue weighted by Crippen LogP contribution is -2.45. The Labute approximate surface area is 145 Å². The number of hydrogen-bond donors (Lipinski definition) is 1. The quantitative estimate of drug-likeness (QED) is 0.809. The molecule has 1 heterocycles. The minimum Gasteiger partial charge on any atom is -0.314 e. The molecule has 2 rings (SSSR count). The van der Waals surface area contributed by atoms with Crippen LogP contribution in [0.3, 0.4) is 0 Å². The van der Waals surface area contributed by atoms with Gasteiger partial charge in [0.15, 0.2) is 0 Å². The number of rotatable bonds is 4. The van der Waals surface area contributed by atoms with Crippen LogP contribution in [0.2, 0.25) is 5.02 Å². The zero-order chi connectivity index (χ0) is 13.8. The molecule has 0 saturated carbocycles. The van der Waals surface area contributed by atoms with E-state index >= 15 is 0 Å². The van der Waals surface area contributed by atoms with Crippen LogP contribution in [0.5, 0.6) is 0 Å². The Kier molecular flexibility index (Phi) is 9.59. The number of benzene rings is 1. The number of halogens is 3. The molecule has 1 aromatic carbocycles. The van der Waals surface area contributed by atoms with Crippen LogP contribution in [0.15, 0.2) is 30.4 Å². The Balaban J connectivity index is 0.00000200. The van der Waals surface area contributed by atoms with Gasteiger partial charge >= 0.3 is 0 Å². The van der Waals surface area contributed by atoms with Crippen molar-refractivity contribution in [2.45, 2.75) is 26.3 Å². The summed E-state index contributed by atoms with van der Waals surface area (Å²) in [7, 11) is 0. The number of nitrogens with one attached hydrogen (secondary N) is 1. The maximum atomic E-state index is 6.07. The Morgan fingerprint density at radius 3 is 2.48 bits per heavy atom. The molecule has 1 N–H and O–H groups in total. The summed E-state index contributed by atoms with van der Waals surface area (Å²) >= 11 is 6.07. The molecule has 2 nitrogen and oxygen atoms in total. The molecule has 21 heavy (non-hydrogen) atoms. The van der Waals surface area contributed by atoms with Crippen LogP contribution >= 0.6 is 36.4 Å². The van der Waals surface area contributed by atoms with Gasteiger partial charge in [-0.15, -0.1) is 31.4 Å². The Morgan fingerprint density at radius 2 is 1.95 bits per heavy atom. The molecule has 0 unspecified atom stereocenters. The highest BCUT2D eigenvalue weighted by Crippen LogP contribution is 2.31. The summed E-state index contributed by atoms with van der Waals surface area (Å²) in [5.74, 6) is 0. The van der Waals surface area contributed by atoms with Crippen molar-refractivity contribution in [3.63, 3.8) is 0 Å². The highest BCUT2D eigenvalue weighted by Gasteiger charge is 2.23. The molecular formula is C16H25Cl3N2. The molecule has 1 aliphatic heterocycles. The second-order valence-electron chi connectivity index (χ2n) is 5.46. The van der Waals surface area contributed by atoms with Crippen molar-refractivity contribution in [3.05, 3.63) is 46.5 Å². The highest BCUT2D eigenvalue weighted by atomic mass is 35.5. The van der Waals surface area contributed by atoms with E-state index < -0.39 is 0 Å². The van der Waals surface area contributed by atoms with E-state index in [0.29, 0.717) is 6.04 Å². The maximum absolute atomic E-state index is 6.07. The van der Waals surface area contributed by atoms with Crippen LogP contribution < -0.4 is 5.32 Å². The third kappa shape index (κ3) is 5.80. The SMILES string of the molecule is C=C(C)C[C@@H](c1ccc(Cl)cc1C)N1CCNCC1.Cl.Cl. The predicted molar refractivity (Wildman–Crippen MR) is 97.3 cm³/mol. The third-order valence-corrected chi connectivity index (χ3v) is 3.96. The van der Waals surface area contributed by atoms with Crippen LogP contribution in [-0.2, 0) is 0 Å². The molecule has 0 spiro atoms. The molecule has 1 saturated heterocycles. The Bertz CT molecular complexity index is 457. The highest BCUT2D eigenvalue weighted by molar-refractivity contribution is 6.30. The zero-order valence-electron chi connectivity index (χ0n) is 12.7. The number of hydrogen-bond acceptors (Lipinski definition) is 2. The summed E-state index contributed by atoms with van der Waals surface area (Å²) in [5.41, 5.74) is 3.89. The van der Waals surface area contributed by atoms with Crippen LogP contribution in [0.1, 0.15) is 30.5 Å². The van der Waals surface area contributed by atoms with Crippen molar-refractivity contribution < 1.29 is 0 Å². The van der Waals surface area contributed by atoms with E-state index in [1.54, 1.807) is 0 Å². The minimum atomic E-state index is 0. The van der Waals surface area contributed by atoms with Gasteiger partial charge in [-0.1, -0.05) is 23.2 Å². The van der Waals surface area contributed by atoms with Crippen molar-refractivity contribution in [1.29, 1.82) is 0 Å². The largest absolute Gasteiger partial charge is 0.314 e. The predicted octanol–water partition coefficient (Wildman–Crippen LogP) is 4.40. The lowest BCUT2D eigenvalue weighted by Gasteiger charge is -2.36. The van der Waals surface area contributed by atoms with Gasteiger partial charge in [-0.3, -0.25) is 4.90 Å². The molecule has 0 amide bonds. The lowest BCUT2D eigenvalue weighted by atomic mass is 9.94. The van der Waals surface area contributed by atoms with Crippen LogP contribution in [0.4, 0.5) is 0 Å². The van der Waals surface area contributed by atoms with Crippen molar-refractivity contribution in [2.75, 3.05) is 26.2 Å². The first kappa shape index (κ1) is 20.8. The third-order valence-electron chi connectivity index (χ3n) is 3.73. The topological polar surface area (TPSA) is 15.3 Å². The van der Waals surface area contributed by atoms with E-state index in [9.17, 15) is 0 Å². The van der Waals surface area contributed by atoms with Crippen molar-refractivity contribution in [2.24, 2.45) is 0 Å². The van der Waals surface area contributed by atoms with Crippen molar-refractivity contribution in [1.82, 2.24) is 10.2 Å². The molecule has 0 radical (unpaired) electrons. The average Bonchev–Trinajstić information content (AvgIpc) is 2.37. The Hall–Kier alpha value is -0.250. The number of piperazine rings is 1. The molecule has 1 fully saturated rings. The maximum Gasteiger partial charge on any atom is 0.0408 e. The molecule has 1 aliphatic rings. The first-order valence-corrected chi connectivity index (χ1v) is 7.31. The Morgan fingerprint density at radius 1 is 1.33 bits per heavy atom. The standard InChI is InChI=1S/C16H23ClN2.2ClH/c1-12(2)10-16(19-8-6-18-7-9-19)15-5-4-14(17)11-13(15)3;;/h4-5,11,16,18H,1,6-10H2,2-3H3;2*1H/t16-;;/m0../s1. The monoisotopic (exact) mass is 350 g/mol. The fourth-order valence-electron chi connectivity index (χ4n) is 2.77. The van der Waals surface area contributed by atoms with Crippen molar-refractivity contribution in [3.8, 4) is 0 Å². The number of nitrogens with zero attached hydrogens (tertiary/aromatic N) is 1. The van der Waals surface area contributed by atoms with E-state index in [-0.39, 0.29) is 24.8 Å². The van der Waals surface area contributed by atoms with Gasteiger partial charge in [0, 0.05) is 37.2 Å². The van der Waals surface area contributed by atoms with Crippen LogP contribution in [0.25, 0.3) is 0 Å². The molecule has 0 aliphatic carbocycles. The first-order valence-electron chi connectivity index (χ1n) is 6.93. The summed E-state index contributed by atoms with van der Waals surface area (Å²) in [6.45, 7) is 12.7. The van der Waals surface area contributed by atoms with Gasteiger partial charge in [0.2, 0.25) is 0 Å². The molecule has 120 valence electrons. The summed E-state index contributed by atoms with van der Waals surface area (Å²) in [6, 6.07) is 6.66. The van der Waals surface area contributed by atoms with Gasteiger partial charge in [-0.05, 0) is 43.5 Å². The summed E-state index contributed by atoms with van der Waals surface area (Å²) in [4.78, 5) is 2.56. The smallest absolute Gasteiger partial charge is 0.0408 e. The van der Waals surface area contributed by atoms with E-state index in [4.69, 9.17) is 11.6 Å². The van der Waals surface area contributed by atoms with Gasteiger partial charge < -0.3 is 5.32 Å². The van der Waals surface area contributed by atoms with Crippen LogP contribution in [-0.4, -0.2) is 31.1 Å². The summed E-state index contributed by atoms with van der Waals surface area (Å²) in [5, 5.41) is 4.23. The second kappa shape index (κ2) is 9.70. The molecule has 0 bridgehead atoms. The number of aryl methyl sites for hydroxylation is 1. The van der Waals surface area contributed by atoms with E-state index in [0.717, 1.165) is 37.6 Å². The van der Waals surface area contributed by atoms with E-state index in [2.05, 4.69) is 42.8 Å².